The normalized spacial score (nSPS) is 20.9. The van der Waals surface area contributed by atoms with E-state index in [1.165, 1.54) is 19.3 Å². The Morgan fingerprint density at radius 3 is 2.59 bits per heavy atom. The quantitative estimate of drug-likeness (QED) is 0.655. The van der Waals surface area contributed by atoms with Gasteiger partial charge >= 0.3 is 0 Å². The summed E-state index contributed by atoms with van der Waals surface area (Å²) in [6.45, 7) is 4.47. The second-order valence-corrected chi connectivity index (χ2v) is 5.36. The molecule has 1 aliphatic rings. The summed E-state index contributed by atoms with van der Waals surface area (Å²) >= 11 is 0. The van der Waals surface area contributed by atoms with Crippen molar-refractivity contribution in [3.63, 3.8) is 0 Å². The number of amides is 1. The average Bonchev–Trinajstić information content (AvgIpc) is 2.30. The van der Waals surface area contributed by atoms with Gasteiger partial charge in [0, 0.05) is 12.6 Å². The fraction of sp³-hybridized carbons (Fsp3) is 0.923. The van der Waals surface area contributed by atoms with Crippen LogP contribution in [0.3, 0.4) is 0 Å². The molecule has 0 aromatic rings. The summed E-state index contributed by atoms with van der Waals surface area (Å²) in [6.07, 6.45) is 6.65. The van der Waals surface area contributed by atoms with E-state index in [1.54, 1.807) is 6.92 Å². The zero-order valence-corrected chi connectivity index (χ0v) is 11.1. The van der Waals surface area contributed by atoms with Gasteiger partial charge in [-0.3, -0.25) is 4.79 Å². The van der Waals surface area contributed by atoms with Gasteiger partial charge in [0.05, 0.1) is 12.1 Å². The summed E-state index contributed by atoms with van der Waals surface area (Å²) < 4.78 is 0. The minimum Gasteiger partial charge on any atom is -0.389 e. The Hall–Kier alpha value is -0.610. The van der Waals surface area contributed by atoms with E-state index in [4.69, 9.17) is 0 Å². The summed E-state index contributed by atoms with van der Waals surface area (Å²) in [5.41, 5.74) is -0.717. The maximum absolute atomic E-state index is 11.6. The van der Waals surface area contributed by atoms with Crippen LogP contribution >= 0.6 is 0 Å². The van der Waals surface area contributed by atoms with Crippen LogP contribution in [-0.4, -0.2) is 35.7 Å². The van der Waals surface area contributed by atoms with Crippen molar-refractivity contribution >= 4 is 5.91 Å². The lowest BCUT2D eigenvalue weighted by atomic mass is 9.95. The topological polar surface area (TPSA) is 61.4 Å². The number of carbonyl (C=O) groups excluding carboxylic acids is 1. The lowest BCUT2D eigenvalue weighted by Gasteiger charge is -2.24. The fourth-order valence-corrected chi connectivity index (χ4v) is 2.10. The van der Waals surface area contributed by atoms with E-state index >= 15 is 0 Å². The van der Waals surface area contributed by atoms with Gasteiger partial charge in [-0.15, -0.1) is 0 Å². The molecule has 0 aromatic carbocycles. The highest BCUT2D eigenvalue weighted by Gasteiger charge is 2.18. The number of rotatable bonds is 6. The first-order chi connectivity index (χ1) is 8.03. The summed E-state index contributed by atoms with van der Waals surface area (Å²) in [6, 6.07) is 0.365. The van der Waals surface area contributed by atoms with Gasteiger partial charge in [-0.2, -0.15) is 0 Å². The highest BCUT2D eigenvalue weighted by Crippen LogP contribution is 2.17. The van der Waals surface area contributed by atoms with Crippen LogP contribution in [0, 0.1) is 0 Å². The van der Waals surface area contributed by atoms with Crippen molar-refractivity contribution < 1.29 is 9.90 Å². The molecule has 100 valence electrons. The molecule has 1 unspecified atom stereocenters. The molecule has 0 heterocycles. The molecule has 0 aliphatic heterocycles. The SMILES string of the molecule is CCC(C)(O)CNCC(=O)NC1CCCCC1. The fourth-order valence-electron chi connectivity index (χ4n) is 2.10. The summed E-state index contributed by atoms with van der Waals surface area (Å²) in [4.78, 5) is 11.6. The molecule has 1 aliphatic carbocycles. The van der Waals surface area contributed by atoms with Gasteiger partial charge in [0.2, 0.25) is 5.91 Å². The number of carbonyl (C=O) groups is 1. The molecule has 0 radical (unpaired) electrons. The van der Waals surface area contributed by atoms with Crippen LogP contribution < -0.4 is 10.6 Å². The molecule has 0 saturated heterocycles. The minimum absolute atomic E-state index is 0.0452. The average molecular weight is 242 g/mol. The highest BCUT2D eigenvalue weighted by atomic mass is 16.3. The summed E-state index contributed by atoms with van der Waals surface area (Å²) in [5, 5.41) is 15.8. The van der Waals surface area contributed by atoms with E-state index in [-0.39, 0.29) is 5.91 Å². The van der Waals surface area contributed by atoms with Crippen molar-refractivity contribution in [3.8, 4) is 0 Å². The van der Waals surface area contributed by atoms with Crippen molar-refractivity contribution in [2.45, 2.75) is 64.0 Å². The summed E-state index contributed by atoms with van der Waals surface area (Å²) in [5.74, 6) is 0.0452. The second-order valence-electron chi connectivity index (χ2n) is 5.36. The molecular formula is C13H26N2O2. The van der Waals surface area contributed by atoms with Gasteiger partial charge in [0.15, 0.2) is 0 Å². The third kappa shape index (κ3) is 6.03. The number of nitrogens with one attached hydrogen (secondary N) is 2. The van der Waals surface area contributed by atoms with E-state index in [1.807, 2.05) is 6.92 Å². The Morgan fingerprint density at radius 1 is 1.35 bits per heavy atom. The van der Waals surface area contributed by atoms with E-state index in [2.05, 4.69) is 10.6 Å². The first-order valence-corrected chi connectivity index (χ1v) is 6.76. The van der Waals surface area contributed by atoms with E-state index in [0.29, 0.717) is 25.6 Å². The monoisotopic (exact) mass is 242 g/mol. The maximum atomic E-state index is 11.6. The Morgan fingerprint density at radius 2 is 2.00 bits per heavy atom. The molecular weight excluding hydrogens is 216 g/mol. The van der Waals surface area contributed by atoms with Gasteiger partial charge in [-0.25, -0.2) is 0 Å². The lowest BCUT2D eigenvalue weighted by molar-refractivity contribution is -0.121. The van der Waals surface area contributed by atoms with Crippen LogP contribution in [0.5, 0.6) is 0 Å². The van der Waals surface area contributed by atoms with Crippen molar-refractivity contribution in [1.82, 2.24) is 10.6 Å². The van der Waals surface area contributed by atoms with Crippen LogP contribution in [0.15, 0.2) is 0 Å². The van der Waals surface area contributed by atoms with Crippen LogP contribution in [0.1, 0.15) is 52.4 Å². The molecule has 4 nitrogen and oxygen atoms in total. The number of hydrogen-bond acceptors (Lipinski definition) is 3. The van der Waals surface area contributed by atoms with Crippen molar-refractivity contribution in [2.24, 2.45) is 0 Å². The molecule has 1 amide bonds. The molecule has 1 saturated carbocycles. The van der Waals surface area contributed by atoms with Crippen molar-refractivity contribution in [3.05, 3.63) is 0 Å². The van der Waals surface area contributed by atoms with Gasteiger partial charge in [0.25, 0.3) is 0 Å². The van der Waals surface area contributed by atoms with E-state index in [9.17, 15) is 9.90 Å². The Labute approximate surface area is 104 Å². The van der Waals surface area contributed by atoms with Gasteiger partial charge < -0.3 is 15.7 Å². The molecule has 1 atom stereocenters. The van der Waals surface area contributed by atoms with Crippen LogP contribution in [0.2, 0.25) is 0 Å². The Kier molecular flexibility index (Phi) is 5.92. The zero-order valence-electron chi connectivity index (χ0n) is 11.1. The molecule has 3 N–H and O–H groups in total. The van der Waals surface area contributed by atoms with Crippen LogP contribution in [-0.2, 0) is 4.79 Å². The first-order valence-electron chi connectivity index (χ1n) is 6.76. The molecule has 17 heavy (non-hydrogen) atoms. The smallest absolute Gasteiger partial charge is 0.234 e. The molecule has 4 heteroatoms. The number of hydrogen-bond donors (Lipinski definition) is 3. The molecule has 1 rings (SSSR count). The number of aliphatic hydroxyl groups is 1. The molecule has 1 fully saturated rings. The Balaban J connectivity index is 2.12. The predicted octanol–water partition coefficient (Wildman–Crippen LogP) is 1.19. The maximum Gasteiger partial charge on any atom is 0.234 e. The molecule has 0 bridgehead atoms. The lowest BCUT2D eigenvalue weighted by Crippen LogP contribution is -2.45. The predicted molar refractivity (Wildman–Crippen MR) is 68.8 cm³/mol. The molecule has 0 aromatic heterocycles. The highest BCUT2D eigenvalue weighted by molar-refractivity contribution is 5.78. The third-order valence-corrected chi connectivity index (χ3v) is 3.52. The summed E-state index contributed by atoms with van der Waals surface area (Å²) in [7, 11) is 0. The van der Waals surface area contributed by atoms with E-state index in [0.717, 1.165) is 12.8 Å². The van der Waals surface area contributed by atoms with Crippen LogP contribution in [0.25, 0.3) is 0 Å². The van der Waals surface area contributed by atoms with Gasteiger partial charge in [-0.1, -0.05) is 26.2 Å². The minimum atomic E-state index is -0.717. The largest absolute Gasteiger partial charge is 0.389 e. The zero-order chi connectivity index (χ0) is 12.7. The van der Waals surface area contributed by atoms with Crippen LogP contribution in [0.4, 0.5) is 0 Å². The first kappa shape index (κ1) is 14.5. The van der Waals surface area contributed by atoms with Gasteiger partial charge in [-0.05, 0) is 26.2 Å². The standard InChI is InChI=1S/C13H26N2O2/c1-3-13(2,17)10-14-9-12(16)15-11-7-5-4-6-8-11/h11,14,17H,3-10H2,1-2H3,(H,15,16). The Bertz CT molecular complexity index is 236. The van der Waals surface area contributed by atoms with Crippen molar-refractivity contribution in [2.75, 3.05) is 13.1 Å². The van der Waals surface area contributed by atoms with E-state index < -0.39 is 5.60 Å². The van der Waals surface area contributed by atoms with Gasteiger partial charge in [0.1, 0.15) is 0 Å². The van der Waals surface area contributed by atoms with Crippen molar-refractivity contribution in [1.29, 1.82) is 0 Å². The second kappa shape index (κ2) is 6.97. The third-order valence-electron chi connectivity index (χ3n) is 3.52. The molecule has 0 spiro atoms.